The molecular formula is C25H23F4N3O3S. The lowest BCUT2D eigenvalue weighted by molar-refractivity contribution is -0.137. The van der Waals surface area contributed by atoms with Gasteiger partial charge in [0.15, 0.2) is 0 Å². The lowest BCUT2D eigenvalue weighted by atomic mass is 10.1. The third-order valence-electron chi connectivity index (χ3n) is 5.90. The minimum Gasteiger partial charge on any atom is -0.368 e. The average Bonchev–Trinajstić information content (AvgIpc) is 2.88. The minimum absolute atomic E-state index is 0.0876. The molecule has 0 atom stereocenters. The van der Waals surface area contributed by atoms with E-state index in [-0.39, 0.29) is 36.8 Å². The van der Waals surface area contributed by atoms with Crippen LogP contribution >= 0.6 is 0 Å². The zero-order valence-electron chi connectivity index (χ0n) is 19.0. The number of carbonyl (C=O) groups is 1. The molecule has 3 aromatic carbocycles. The standard InChI is InChI=1S/C25H23F4N3O3S/c26-22-11-4-5-12-23(22)32(36(34,35)21-9-2-1-3-10-21)18-24(33)31-15-13-30(14-16-31)20-8-6-7-19(17-20)25(27,28)29/h1-12,17H,13-16,18H2. The highest BCUT2D eigenvalue weighted by molar-refractivity contribution is 7.92. The van der Waals surface area contributed by atoms with E-state index in [1.54, 1.807) is 17.0 Å². The monoisotopic (exact) mass is 521 g/mol. The summed E-state index contributed by atoms with van der Waals surface area (Å²) in [6.07, 6.45) is -4.46. The smallest absolute Gasteiger partial charge is 0.368 e. The van der Waals surface area contributed by atoms with Crippen LogP contribution in [0.4, 0.5) is 28.9 Å². The summed E-state index contributed by atoms with van der Waals surface area (Å²) >= 11 is 0. The summed E-state index contributed by atoms with van der Waals surface area (Å²) in [6, 6.07) is 17.7. The third kappa shape index (κ3) is 5.46. The predicted octanol–water partition coefficient (Wildman–Crippen LogP) is 4.39. The SMILES string of the molecule is O=C(CN(c1ccccc1F)S(=O)(=O)c1ccccc1)N1CCN(c2cccc(C(F)(F)F)c2)CC1. The Bertz CT molecular complexity index is 1330. The molecule has 1 saturated heterocycles. The van der Waals surface area contributed by atoms with Crippen LogP contribution in [-0.2, 0) is 21.0 Å². The van der Waals surface area contributed by atoms with Gasteiger partial charge in [0.1, 0.15) is 12.4 Å². The van der Waals surface area contributed by atoms with Crippen LogP contribution in [0, 0.1) is 5.82 Å². The van der Waals surface area contributed by atoms with Crippen molar-refractivity contribution in [3.8, 4) is 0 Å². The highest BCUT2D eigenvalue weighted by Gasteiger charge is 2.33. The van der Waals surface area contributed by atoms with E-state index in [0.29, 0.717) is 5.69 Å². The second kappa shape index (κ2) is 10.2. The number of amides is 1. The number of sulfonamides is 1. The van der Waals surface area contributed by atoms with Crippen molar-refractivity contribution >= 4 is 27.3 Å². The molecule has 190 valence electrons. The van der Waals surface area contributed by atoms with Crippen LogP contribution < -0.4 is 9.21 Å². The van der Waals surface area contributed by atoms with E-state index in [2.05, 4.69) is 0 Å². The van der Waals surface area contributed by atoms with E-state index < -0.39 is 40.0 Å². The normalized spacial score (nSPS) is 14.6. The van der Waals surface area contributed by atoms with Crippen LogP contribution in [0.15, 0.2) is 83.8 Å². The van der Waals surface area contributed by atoms with Gasteiger partial charge in [-0.2, -0.15) is 13.2 Å². The largest absolute Gasteiger partial charge is 0.416 e. The molecule has 1 aliphatic rings. The fourth-order valence-electron chi connectivity index (χ4n) is 3.99. The van der Waals surface area contributed by atoms with E-state index in [1.807, 2.05) is 0 Å². The maximum Gasteiger partial charge on any atom is 0.416 e. The first kappa shape index (κ1) is 25.5. The van der Waals surface area contributed by atoms with Gasteiger partial charge in [0, 0.05) is 31.9 Å². The van der Waals surface area contributed by atoms with Gasteiger partial charge in [0.25, 0.3) is 10.0 Å². The Morgan fingerprint density at radius 3 is 2.14 bits per heavy atom. The molecule has 0 unspecified atom stereocenters. The van der Waals surface area contributed by atoms with Crippen LogP contribution in [0.3, 0.4) is 0 Å². The molecule has 11 heteroatoms. The number of halogens is 4. The van der Waals surface area contributed by atoms with Gasteiger partial charge < -0.3 is 9.80 Å². The molecular weight excluding hydrogens is 498 g/mol. The lowest BCUT2D eigenvalue weighted by Crippen LogP contribution is -2.52. The molecule has 0 radical (unpaired) electrons. The number of benzene rings is 3. The highest BCUT2D eigenvalue weighted by atomic mass is 32.2. The van der Waals surface area contributed by atoms with Gasteiger partial charge in [-0.15, -0.1) is 0 Å². The Labute approximate surface area is 206 Å². The molecule has 1 aliphatic heterocycles. The van der Waals surface area contributed by atoms with Crippen molar-refractivity contribution in [1.82, 2.24) is 4.90 Å². The van der Waals surface area contributed by atoms with Crippen molar-refractivity contribution in [3.05, 3.63) is 90.2 Å². The number of carbonyl (C=O) groups excluding carboxylic acids is 1. The maximum atomic E-state index is 14.6. The Morgan fingerprint density at radius 1 is 0.861 bits per heavy atom. The van der Waals surface area contributed by atoms with Gasteiger partial charge in [-0.1, -0.05) is 36.4 Å². The Hall–Kier alpha value is -3.60. The van der Waals surface area contributed by atoms with E-state index in [1.165, 1.54) is 53.4 Å². The number of para-hydroxylation sites is 1. The molecule has 0 aromatic heterocycles. The van der Waals surface area contributed by atoms with Gasteiger partial charge in [-0.3, -0.25) is 9.10 Å². The Balaban J connectivity index is 1.51. The van der Waals surface area contributed by atoms with Gasteiger partial charge in [-0.05, 0) is 42.5 Å². The molecule has 3 aromatic rings. The summed E-state index contributed by atoms with van der Waals surface area (Å²) in [6.45, 7) is 0.245. The first-order valence-corrected chi connectivity index (χ1v) is 12.5. The van der Waals surface area contributed by atoms with E-state index in [0.717, 1.165) is 22.5 Å². The molecule has 6 nitrogen and oxygen atoms in total. The third-order valence-corrected chi connectivity index (χ3v) is 7.68. The topological polar surface area (TPSA) is 60.9 Å². The first-order chi connectivity index (χ1) is 17.1. The summed E-state index contributed by atoms with van der Waals surface area (Å²) in [7, 11) is -4.25. The number of rotatable bonds is 6. The minimum atomic E-state index is -4.46. The molecule has 0 N–H and O–H groups in total. The van der Waals surface area contributed by atoms with Crippen LogP contribution in [0.1, 0.15) is 5.56 Å². The van der Waals surface area contributed by atoms with Gasteiger partial charge in [0.05, 0.1) is 16.1 Å². The number of hydrogen-bond donors (Lipinski definition) is 0. The zero-order chi connectivity index (χ0) is 25.9. The van der Waals surface area contributed by atoms with Crippen LogP contribution in [-0.4, -0.2) is 51.9 Å². The number of nitrogens with zero attached hydrogens (tertiary/aromatic N) is 3. The quantitative estimate of drug-likeness (QED) is 0.452. The molecule has 0 spiro atoms. The van der Waals surface area contributed by atoms with Crippen molar-refractivity contribution in [3.63, 3.8) is 0 Å². The number of alkyl halides is 3. The van der Waals surface area contributed by atoms with Crippen LogP contribution in [0.2, 0.25) is 0 Å². The van der Waals surface area contributed by atoms with Gasteiger partial charge in [-0.25, -0.2) is 12.8 Å². The summed E-state index contributed by atoms with van der Waals surface area (Å²) in [5.41, 5.74) is -0.626. The number of piperazine rings is 1. The molecule has 1 amide bonds. The van der Waals surface area contributed by atoms with Gasteiger partial charge in [0.2, 0.25) is 5.91 Å². The molecule has 36 heavy (non-hydrogen) atoms. The average molecular weight is 522 g/mol. The fourth-order valence-corrected chi connectivity index (χ4v) is 5.43. The van der Waals surface area contributed by atoms with Crippen molar-refractivity contribution in [1.29, 1.82) is 0 Å². The molecule has 4 rings (SSSR count). The Kier molecular flexibility index (Phi) is 7.21. The van der Waals surface area contributed by atoms with Crippen molar-refractivity contribution < 1.29 is 30.8 Å². The molecule has 1 heterocycles. The van der Waals surface area contributed by atoms with E-state index >= 15 is 0 Å². The number of anilines is 2. The predicted molar refractivity (Wildman–Crippen MR) is 128 cm³/mol. The van der Waals surface area contributed by atoms with E-state index in [4.69, 9.17) is 0 Å². The summed E-state index contributed by atoms with van der Waals surface area (Å²) in [4.78, 5) is 16.2. The second-order valence-electron chi connectivity index (χ2n) is 8.19. The summed E-state index contributed by atoms with van der Waals surface area (Å²) in [5, 5.41) is 0. The van der Waals surface area contributed by atoms with Crippen molar-refractivity contribution in [2.24, 2.45) is 0 Å². The number of hydrogen-bond acceptors (Lipinski definition) is 4. The van der Waals surface area contributed by atoms with E-state index in [9.17, 15) is 30.8 Å². The molecule has 0 bridgehead atoms. The summed E-state index contributed by atoms with van der Waals surface area (Å²) < 4.78 is 81.2. The highest BCUT2D eigenvalue weighted by Crippen LogP contribution is 2.32. The van der Waals surface area contributed by atoms with Crippen molar-refractivity contribution in [2.75, 3.05) is 41.9 Å². The maximum absolute atomic E-state index is 14.6. The lowest BCUT2D eigenvalue weighted by Gasteiger charge is -2.37. The van der Waals surface area contributed by atoms with Crippen molar-refractivity contribution in [2.45, 2.75) is 11.1 Å². The second-order valence-corrected chi connectivity index (χ2v) is 10.1. The van der Waals surface area contributed by atoms with Crippen LogP contribution in [0.25, 0.3) is 0 Å². The fraction of sp³-hybridized carbons (Fsp3) is 0.240. The molecule has 1 fully saturated rings. The Morgan fingerprint density at radius 2 is 1.50 bits per heavy atom. The molecule has 0 aliphatic carbocycles. The zero-order valence-corrected chi connectivity index (χ0v) is 19.8. The van der Waals surface area contributed by atoms with Crippen LogP contribution in [0.5, 0.6) is 0 Å². The first-order valence-electron chi connectivity index (χ1n) is 11.1. The van der Waals surface area contributed by atoms with Gasteiger partial charge >= 0.3 is 6.18 Å². The summed E-state index contributed by atoms with van der Waals surface area (Å²) in [5.74, 6) is -1.33. The molecule has 0 saturated carbocycles.